The summed E-state index contributed by atoms with van der Waals surface area (Å²) in [6, 6.07) is 12.0. The molecule has 38 heavy (non-hydrogen) atoms. The molecular weight excluding hydrogens is 507 g/mol. The Morgan fingerprint density at radius 2 is 2.08 bits per heavy atom. The third-order valence-electron chi connectivity index (χ3n) is 7.31. The van der Waals surface area contributed by atoms with Crippen LogP contribution in [0, 0.1) is 29.5 Å². The first-order valence-electron chi connectivity index (χ1n) is 12.8. The van der Waals surface area contributed by atoms with Crippen LogP contribution >= 0.6 is 11.6 Å². The van der Waals surface area contributed by atoms with Crippen molar-refractivity contribution in [2.75, 3.05) is 26.7 Å². The molecule has 2 heterocycles. The number of nitrogens with zero attached hydrogens (tertiary/aromatic N) is 2. The summed E-state index contributed by atoms with van der Waals surface area (Å²) < 4.78 is 19.0. The molecule has 3 atom stereocenters. The van der Waals surface area contributed by atoms with Crippen molar-refractivity contribution in [2.45, 2.75) is 38.2 Å². The quantitative estimate of drug-likeness (QED) is 0.340. The van der Waals surface area contributed by atoms with Crippen molar-refractivity contribution in [1.29, 1.82) is 0 Å². The number of methoxy groups -OCH3 is 1. The third-order valence-corrected chi connectivity index (χ3v) is 7.62. The SMILES string of the molecule is COc1ccc2nccc([C@@H](O)CCC3CCN(CC#Cc4ccc(Cl)c(F)c4)CC3CCC(=O)O)c2c1. The lowest BCUT2D eigenvalue weighted by molar-refractivity contribution is -0.137. The van der Waals surface area contributed by atoms with E-state index in [1.165, 1.54) is 12.1 Å². The van der Waals surface area contributed by atoms with Gasteiger partial charge < -0.3 is 14.9 Å². The lowest BCUT2D eigenvalue weighted by Gasteiger charge is -2.38. The minimum absolute atomic E-state index is 0.0702. The molecule has 1 aliphatic rings. The van der Waals surface area contributed by atoms with Gasteiger partial charge in [-0.25, -0.2) is 4.39 Å². The molecule has 1 aromatic heterocycles. The van der Waals surface area contributed by atoms with Crippen molar-refractivity contribution in [3.63, 3.8) is 0 Å². The highest BCUT2D eigenvalue weighted by atomic mass is 35.5. The van der Waals surface area contributed by atoms with Crippen molar-refractivity contribution in [2.24, 2.45) is 11.8 Å². The highest BCUT2D eigenvalue weighted by Crippen LogP contribution is 2.35. The number of piperidine rings is 1. The topological polar surface area (TPSA) is 82.9 Å². The molecule has 0 saturated carbocycles. The average molecular weight is 539 g/mol. The summed E-state index contributed by atoms with van der Waals surface area (Å²) in [7, 11) is 1.61. The summed E-state index contributed by atoms with van der Waals surface area (Å²) in [5.41, 5.74) is 2.19. The molecule has 3 aromatic rings. The Bertz CT molecular complexity index is 1340. The molecule has 0 bridgehead atoms. The number of hydrogen-bond donors (Lipinski definition) is 2. The number of aliphatic hydroxyl groups is 1. The molecule has 200 valence electrons. The standard InChI is InChI=1S/C30H32ClFN2O4/c1-38-23-7-9-28-25(18-23)24(12-14-33-28)29(35)10-5-21-13-16-34(19-22(21)6-11-30(36)37)15-2-3-20-4-8-26(31)27(32)17-20/h4,7-9,12,14,17-18,21-22,29,35H,5-6,10-11,13,15-16,19H2,1H3,(H,36,37)/t21?,22?,29-/m0/s1. The number of aromatic nitrogens is 1. The number of likely N-dealkylation sites (tertiary alicyclic amines) is 1. The van der Waals surface area contributed by atoms with Crippen LogP contribution in [-0.4, -0.2) is 52.8 Å². The molecule has 1 fully saturated rings. The highest BCUT2D eigenvalue weighted by Gasteiger charge is 2.30. The summed E-state index contributed by atoms with van der Waals surface area (Å²) in [6.45, 7) is 2.10. The number of hydrogen-bond acceptors (Lipinski definition) is 5. The van der Waals surface area contributed by atoms with E-state index in [2.05, 4.69) is 21.7 Å². The van der Waals surface area contributed by atoms with Gasteiger partial charge in [0.1, 0.15) is 11.6 Å². The summed E-state index contributed by atoms with van der Waals surface area (Å²) in [5, 5.41) is 21.3. The van der Waals surface area contributed by atoms with E-state index in [-0.39, 0.29) is 17.4 Å². The normalized spacial score (nSPS) is 18.5. The number of carboxylic acids is 1. The van der Waals surface area contributed by atoms with Gasteiger partial charge in [-0.1, -0.05) is 23.4 Å². The Morgan fingerprint density at radius 3 is 2.84 bits per heavy atom. The summed E-state index contributed by atoms with van der Waals surface area (Å²) in [5.74, 6) is 6.01. The summed E-state index contributed by atoms with van der Waals surface area (Å²) in [6.07, 6.45) is 4.02. The monoisotopic (exact) mass is 538 g/mol. The van der Waals surface area contributed by atoms with Crippen molar-refractivity contribution in [3.05, 3.63) is 70.6 Å². The maximum absolute atomic E-state index is 13.7. The fourth-order valence-corrected chi connectivity index (χ4v) is 5.35. The van der Waals surface area contributed by atoms with E-state index in [0.29, 0.717) is 36.6 Å². The highest BCUT2D eigenvalue weighted by molar-refractivity contribution is 6.30. The lowest BCUT2D eigenvalue weighted by Crippen LogP contribution is -2.41. The molecule has 4 rings (SSSR count). The average Bonchev–Trinajstić information content (AvgIpc) is 2.92. The molecule has 0 spiro atoms. The van der Waals surface area contributed by atoms with E-state index in [9.17, 15) is 19.4 Å². The van der Waals surface area contributed by atoms with Gasteiger partial charge >= 0.3 is 5.97 Å². The van der Waals surface area contributed by atoms with Crippen LogP contribution in [0.2, 0.25) is 5.02 Å². The van der Waals surface area contributed by atoms with Gasteiger partial charge in [0, 0.05) is 30.1 Å². The lowest BCUT2D eigenvalue weighted by atomic mass is 9.79. The van der Waals surface area contributed by atoms with E-state index < -0.39 is 17.9 Å². The number of aliphatic hydroxyl groups excluding tert-OH is 1. The van der Waals surface area contributed by atoms with Crippen molar-refractivity contribution in [1.82, 2.24) is 9.88 Å². The van der Waals surface area contributed by atoms with Gasteiger partial charge in [0.2, 0.25) is 0 Å². The summed E-state index contributed by atoms with van der Waals surface area (Å²) in [4.78, 5) is 17.9. The Morgan fingerprint density at radius 1 is 1.24 bits per heavy atom. The minimum atomic E-state index is -0.803. The number of pyridine rings is 1. The number of aliphatic carboxylic acids is 1. The third kappa shape index (κ3) is 7.22. The smallest absolute Gasteiger partial charge is 0.303 e. The Kier molecular flexibility index (Phi) is 9.57. The van der Waals surface area contributed by atoms with Gasteiger partial charge in [-0.05, 0) is 92.1 Å². The fourth-order valence-electron chi connectivity index (χ4n) is 5.23. The molecule has 1 saturated heterocycles. The fraction of sp³-hybridized carbons (Fsp3) is 0.400. The zero-order valence-electron chi connectivity index (χ0n) is 21.4. The number of carboxylic acid groups (broad SMARTS) is 1. The number of rotatable bonds is 9. The van der Waals surface area contributed by atoms with Gasteiger partial charge in [0.15, 0.2) is 0 Å². The first-order chi connectivity index (χ1) is 18.3. The predicted octanol–water partition coefficient (Wildman–Crippen LogP) is 5.70. The number of halogens is 2. The molecule has 2 N–H and O–H groups in total. The Labute approximate surface area is 227 Å². The zero-order valence-corrected chi connectivity index (χ0v) is 22.1. The van der Waals surface area contributed by atoms with Crippen LogP contribution in [-0.2, 0) is 4.79 Å². The largest absolute Gasteiger partial charge is 0.497 e. The molecular formula is C30H32ClFN2O4. The van der Waals surface area contributed by atoms with E-state index in [1.807, 2.05) is 24.3 Å². The van der Waals surface area contributed by atoms with E-state index >= 15 is 0 Å². The number of carbonyl (C=O) groups is 1. The van der Waals surface area contributed by atoms with E-state index in [0.717, 1.165) is 42.4 Å². The first kappa shape index (κ1) is 27.8. The van der Waals surface area contributed by atoms with Gasteiger partial charge in [0.05, 0.1) is 30.3 Å². The Balaban J connectivity index is 1.39. The van der Waals surface area contributed by atoms with Crippen LogP contribution in [0.1, 0.15) is 49.3 Å². The second kappa shape index (κ2) is 13.1. The molecule has 0 amide bonds. The second-order valence-electron chi connectivity index (χ2n) is 9.78. The van der Waals surface area contributed by atoms with Crippen LogP contribution in [0.5, 0.6) is 5.75 Å². The number of fused-ring (bicyclic) bond motifs is 1. The van der Waals surface area contributed by atoms with Gasteiger partial charge in [-0.15, -0.1) is 0 Å². The van der Waals surface area contributed by atoms with Crippen LogP contribution in [0.25, 0.3) is 10.9 Å². The maximum Gasteiger partial charge on any atom is 0.303 e. The van der Waals surface area contributed by atoms with Gasteiger partial charge in [0.25, 0.3) is 0 Å². The minimum Gasteiger partial charge on any atom is -0.497 e. The molecule has 0 radical (unpaired) electrons. The molecule has 1 aliphatic heterocycles. The van der Waals surface area contributed by atoms with Crippen LogP contribution in [0.3, 0.4) is 0 Å². The van der Waals surface area contributed by atoms with E-state index in [1.54, 1.807) is 19.4 Å². The van der Waals surface area contributed by atoms with Crippen molar-refractivity contribution >= 4 is 28.5 Å². The van der Waals surface area contributed by atoms with Gasteiger partial charge in [-0.3, -0.25) is 14.7 Å². The van der Waals surface area contributed by atoms with Gasteiger partial charge in [-0.2, -0.15) is 0 Å². The van der Waals surface area contributed by atoms with Crippen molar-refractivity contribution in [3.8, 4) is 17.6 Å². The molecule has 2 unspecified atom stereocenters. The molecule has 0 aliphatic carbocycles. The molecule has 6 nitrogen and oxygen atoms in total. The number of ether oxygens (including phenoxy) is 1. The summed E-state index contributed by atoms with van der Waals surface area (Å²) >= 11 is 5.74. The maximum atomic E-state index is 13.7. The molecule has 8 heteroatoms. The Hall–Kier alpha value is -3.18. The first-order valence-corrected chi connectivity index (χ1v) is 13.2. The number of benzene rings is 2. The predicted molar refractivity (Wildman–Crippen MR) is 146 cm³/mol. The van der Waals surface area contributed by atoms with E-state index in [4.69, 9.17) is 16.3 Å². The van der Waals surface area contributed by atoms with Crippen LogP contribution in [0.15, 0.2) is 48.7 Å². The van der Waals surface area contributed by atoms with Crippen LogP contribution in [0.4, 0.5) is 4.39 Å². The van der Waals surface area contributed by atoms with Crippen LogP contribution < -0.4 is 4.74 Å². The molecule has 2 aromatic carbocycles. The van der Waals surface area contributed by atoms with Crippen molar-refractivity contribution < 1.29 is 24.1 Å². The second-order valence-corrected chi connectivity index (χ2v) is 10.2. The zero-order chi connectivity index (χ0) is 27.1.